The Bertz CT molecular complexity index is 536. The molecule has 0 aliphatic rings. The molecule has 0 spiro atoms. The number of anilines is 1. The van der Waals surface area contributed by atoms with Crippen molar-refractivity contribution in [2.24, 2.45) is 5.10 Å². The van der Waals surface area contributed by atoms with Crippen LogP contribution in [0.1, 0.15) is 11.1 Å². The van der Waals surface area contributed by atoms with E-state index in [1.165, 1.54) is 0 Å². The number of rotatable bonds is 3. The molecule has 0 aliphatic carbocycles. The van der Waals surface area contributed by atoms with E-state index >= 15 is 0 Å². The summed E-state index contributed by atoms with van der Waals surface area (Å²) in [5, 5.41) is 12.8. The summed E-state index contributed by atoms with van der Waals surface area (Å²) in [5.74, 6) is 0. The van der Waals surface area contributed by atoms with Crippen molar-refractivity contribution in [2.45, 2.75) is 0 Å². The van der Waals surface area contributed by atoms with Crippen LogP contribution in [0.4, 0.5) is 5.69 Å². The third-order valence-corrected chi connectivity index (χ3v) is 2.22. The van der Waals surface area contributed by atoms with Gasteiger partial charge in [-0.3, -0.25) is 5.43 Å². The molecule has 0 amide bonds. The predicted octanol–water partition coefficient (Wildman–Crippen LogP) is 3.00. The topological polar surface area (TPSA) is 48.2 Å². The van der Waals surface area contributed by atoms with Crippen molar-refractivity contribution in [3.63, 3.8) is 0 Å². The van der Waals surface area contributed by atoms with Gasteiger partial charge in [-0.15, -0.1) is 0 Å². The Kier molecular flexibility index (Phi) is 3.51. The summed E-state index contributed by atoms with van der Waals surface area (Å²) >= 11 is 0. The summed E-state index contributed by atoms with van der Waals surface area (Å²) in [7, 11) is 0. The van der Waals surface area contributed by atoms with Gasteiger partial charge in [0.1, 0.15) is 0 Å². The van der Waals surface area contributed by atoms with E-state index in [9.17, 15) is 0 Å². The fourth-order valence-corrected chi connectivity index (χ4v) is 1.34. The second-order valence-electron chi connectivity index (χ2n) is 3.47. The molecule has 0 saturated heterocycles. The highest BCUT2D eigenvalue weighted by Crippen LogP contribution is 2.05. The number of benzene rings is 2. The highest BCUT2D eigenvalue weighted by atomic mass is 15.3. The van der Waals surface area contributed by atoms with E-state index in [4.69, 9.17) is 5.26 Å². The lowest BCUT2D eigenvalue weighted by molar-refractivity contribution is 1.35. The Labute approximate surface area is 100 Å². The van der Waals surface area contributed by atoms with Crippen molar-refractivity contribution in [1.29, 1.82) is 5.26 Å². The Morgan fingerprint density at radius 1 is 1.00 bits per heavy atom. The van der Waals surface area contributed by atoms with Gasteiger partial charge in [0.25, 0.3) is 0 Å². The fraction of sp³-hybridized carbons (Fsp3) is 0. The maximum Gasteiger partial charge on any atom is 0.0991 e. The summed E-state index contributed by atoms with van der Waals surface area (Å²) in [6, 6.07) is 19.0. The number of hydrogen-bond acceptors (Lipinski definition) is 3. The monoisotopic (exact) mass is 221 g/mol. The molecule has 0 aromatic heterocycles. The molecule has 0 heterocycles. The van der Waals surface area contributed by atoms with Crippen LogP contribution < -0.4 is 5.43 Å². The first-order valence-electron chi connectivity index (χ1n) is 5.23. The Morgan fingerprint density at radius 2 is 1.71 bits per heavy atom. The Balaban J connectivity index is 1.99. The van der Waals surface area contributed by atoms with Crippen LogP contribution in [-0.2, 0) is 0 Å². The lowest BCUT2D eigenvalue weighted by Gasteiger charge is -1.98. The fourth-order valence-electron chi connectivity index (χ4n) is 1.34. The Morgan fingerprint density at radius 3 is 2.35 bits per heavy atom. The number of nitrogens with one attached hydrogen (secondary N) is 1. The standard InChI is InChI=1S/C14H11N3/c15-10-12-6-8-13(9-7-12)11-16-17-14-4-2-1-3-5-14/h1-9,11,17H/b16-11+. The second kappa shape index (κ2) is 5.47. The SMILES string of the molecule is N#Cc1ccc(/C=N/Nc2ccccc2)cc1. The minimum Gasteiger partial charge on any atom is -0.279 e. The maximum atomic E-state index is 8.66. The molecule has 0 atom stereocenters. The van der Waals surface area contributed by atoms with E-state index in [1.807, 2.05) is 42.5 Å². The molecule has 0 bridgehead atoms. The number of para-hydroxylation sites is 1. The van der Waals surface area contributed by atoms with Crippen LogP contribution in [0.2, 0.25) is 0 Å². The predicted molar refractivity (Wildman–Crippen MR) is 68.8 cm³/mol. The van der Waals surface area contributed by atoms with Crippen molar-refractivity contribution in [2.75, 3.05) is 5.43 Å². The number of nitriles is 1. The zero-order valence-electron chi connectivity index (χ0n) is 9.17. The van der Waals surface area contributed by atoms with Gasteiger partial charge in [0.2, 0.25) is 0 Å². The van der Waals surface area contributed by atoms with Crippen molar-refractivity contribution < 1.29 is 0 Å². The molecule has 82 valence electrons. The van der Waals surface area contributed by atoms with Crippen molar-refractivity contribution in [3.05, 3.63) is 65.7 Å². The molecule has 2 aromatic rings. The third-order valence-electron chi connectivity index (χ3n) is 2.22. The van der Waals surface area contributed by atoms with Crippen LogP contribution in [-0.4, -0.2) is 6.21 Å². The first-order chi connectivity index (χ1) is 8.38. The summed E-state index contributed by atoms with van der Waals surface area (Å²) in [6.07, 6.45) is 1.72. The first-order valence-corrected chi connectivity index (χ1v) is 5.23. The quantitative estimate of drug-likeness (QED) is 0.639. The van der Waals surface area contributed by atoms with E-state index in [-0.39, 0.29) is 0 Å². The Hall–Kier alpha value is -2.60. The lowest BCUT2D eigenvalue weighted by atomic mass is 10.2. The van der Waals surface area contributed by atoms with Crippen molar-refractivity contribution >= 4 is 11.9 Å². The van der Waals surface area contributed by atoms with E-state index in [2.05, 4.69) is 16.6 Å². The molecule has 0 saturated carbocycles. The lowest BCUT2D eigenvalue weighted by Crippen LogP contribution is -1.90. The molecule has 3 heteroatoms. The van der Waals surface area contributed by atoms with Gasteiger partial charge in [-0.1, -0.05) is 30.3 Å². The molecule has 0 radical (unpaired) electrons. The van der Waals surface area contributed by atoms with Gasteiger partial charge in [0.15, 0.2) is 0 Å². The highest BCUT2D eigenvalue weighted by Gasteiger charge is 1.90. The van der Waals surface area contributed by atoms with E-state index in [0.717, 1.165) is 11.3 Å². The van der Waals surface area contributed by atoms with E-state index in [1.54, 1.807) is 18.3 Å². The molecular weight excluding hydrogens is 210 g/mol. The van der Waals surface area contributed by atoms with Gasteiger partial charge in [-0.2, -0.15) is 10.4 Å². The summed E-state index contributed by atoms with van der Waals surface area (Å²) in [5.41, 5.74) is 5.47. The number of nitrogens with zero attached hydrogens (tertiary/aromatic N) is 2. The molecule has 2 rings (SSSR count). The van der Waals surface area contributed by atoms with Gasteiger partial charge in [-0.05, 0) is 29.8 Å². The average Bonchev–Trinajstić information content (AvgIpc) is 2.41. The van der Waals surface area contributed by atoms with E-state index < -0.39 is 0 Å². The largest absolute Gasteiger partial charge is 0.279 e. The minimum absolute atomic E-state index is 0.651. The van der Waals surface area contributed by atoms with Crippen LogP contribution in [0.15, 0.2) is 59.7 Å². The van der Waals surface area contributed by atoms with E-state index in [0.29, 0.717) is 5.56 Å². The zero-order valence-corrected chi connectivity index (χ0v) is 9.17. The van der Waals surface area contributed by atoms with Crippen LogP contribution >= 0.6 is 0 Å². The van der Waals surface area contributed by atoms with Gasteiger partial charge in [-0.25, -0.2) is 0 Å². The van der Waals surface area contributed by atoms with Crippen LogP contribution in [0, 0.1) is 11.3 Å². The first kappa shape index (κ1) is 10.9. The van der Waals surface area contributed by atoms with Gasteiger partial charge >= 0.3 is 0 Å². The third kappa shape index (κ3) is 3.18. The molecular formula is C14H11N3. The number of hydrazone groups is 1. The van der Waals surface area contributed by atoms with Crippen molar-refractivity contribution in [1.82, 2.24) is 0 Å². The summed E-state index contributed by atoms with van der Waals surface area (Å²) in [6.45, 7) is 0. The number of hydrogen-bond donors (Lipinski definition) is 1. The zero-order chi connectivity index (χ0) is 11.9. The van der Waals surface area contributed by atoms with Crippen LogP contribution in [0.5, 0.6) is 0 Å². The molecule has 0 fully saturated rings. The average molecular weight is 221 g/mol. The van der Waals surface area contributed by atoms with Crippen molar-refractivity contribution in [3.8, 4) is 6.07 Å². The molecule has 0 unspecified atom stereocenters. The van der Waals surface area contributed by atoms with Crippen LogP contribution in [0.3, 0.4) is 0 Å². The molecule has 1 N–H and O–H groups in total. The molecule has 17 heavy (non-hydrogen) atoms. The highest BCUT2D eigenvalue weighted by molar-refractivity contribution is 5.80. The van der Waals surface area contributed by atoms with Gasteiger partial charge in [0, 0.05) is 0 Å². The smallest absolute Gasteiger partial charge is 0.0991 e. The minimum atomic E-state index is 0.651. The second-order valence-corrected chi connectivity index (χ2v) is 3.47. The van der Waals surface area contributed by atoms with Crippen LogP contribution in [0.25, 0.3) is 0 Å². The normalized spacial score (nSPS) is 10.1. The summed E-state index contributed by atoms with van der Waals surface area (Å²) in [4.78, 5) is 0. The van der Waals surface area contributed by atoms with Gasteiger partial charge in [0.05, 0.1) is 23.5 Å². The maximum absolute atomic E-state index is 8.66. The molecule has 2 aromatic carbocycles. The summed E-state index contributed by atoms with van der Waals surface area (Å²) < 4.78 is 0. The van der Waals surface area contributed by atoms with Gasteiger partial charge < -0.3 is 0 Å². The molecule has 0 aliphatic heterocycles. The molecule has 3 nitrogen and oxygen atoms in total.